The number of rotatable bonds is 2. The van der Waals surface area contributed by atoms with E-state index in [-0.39, 0.29) is 0 Å². The van der Waals surface area contributed by atoms with Crippen molar-refractivity contribution in [2.75, 3.05) is 0 Å². The predicted octanol–water partition coefficient (Wildman–Crippen LogP) is 2.30. The van der Waals surface area contributed by atoms with Crippen LogP contribution in [0.4, 0.5) is 0 Å². The van der Waals surface area contributed by atoms with Crippen molar-refractivity contribution in [1.29, 1.82) is 0 Å². The Hall–Kier alpha value is -2.43. The fourth-order valence-electron chi connectivity index (χ4n) is 2.07. The van der Waals surface area contributed by atoms with E-state index < -0.39 is 0 Å². The molecule has 2 heterocycles. The van der Waals surface area contributed by atoms with Crippen molar-refractivity contribution in [3.05, 3.63) is 36.3 Å². The average molecular weight is 254 g/mol. The van der Waals surface area contributed by atoms with Crippen molar-refractivity contribution in [2.24, 2.45) is 7.05 Å². The number of imidazole rings is 1. The zero-order valence-electron chi connectivity index (χ0n) is 10.8. The summed E-state index contributed by atoms with van der Waals surface area (Å²) in [5.74, 6) is 0.957. The van der Waals surface area contributed by atoms with Crippen LogP contribution in [-0.4, -0.2) is 24.6 Å². The van der Waals surface area contributed by atoms with E-state index in [1.807, 2.05) is 30.7 Å². The molecule has 0 aliphatic heterocycles. The van der Waals surface area contributed by atoms with Gasteiger partial charge in [-0.3, -0.25) is 0 Å². The van der Waals surface area contributed by atoms with E-state index in [9.17, 15) is 5.11 Å². The molecular weight excluding hydrogens is 240 g/mol. The highest BCUT2D eigenvalue weighted by atomic mass is 16.3. The zero-order valence-corrected chi connectivity index (χ0v) is 10.8. The summed E-state index contributed by atoms with van der Waals surface area (Å²) in [7, 11) is 1.90. The van der Waals surface area contributed by atoms with E-state index in [0.29, 0.717) is 11.6 Å². The van der Waals surface area contributed by atoms with Gasteiger partial charge in [-0.15, -0.1) is 0 Å². The second-order valence-electron chi connectivity index (χ2n) is 4.45. The summed E-state index contributed by atoms with van der Waals surface area (Å²) in [6, 6.07) is 5.43. The van der Waals surface area contributed by atoms with Crippen LogP contribution in [-0.2, 0) is 13.5 Å². The van der Waals surface area contributed by atoms with E-state index in [1.165, 1.54) is 0 Å². The molecule has 0 bridgehead atoms. The number of hydrogen-bond acceptors (Lipinski definition) is 4. The molecule has 0 saturated heterocycles. The summed E-state index contributed by atoms with van der Waals surface area (Å²) in [6.45, 7) is 2.00. The molecule has 0 fully saturated rings. The first-order valence-electron chi connectivity index (χ1n) is 6.15. The van der Waals surface area contributed by atoms with E-state index in [2.05, 4.69) is 15.0 Å². The van der Waals surface area contributed by atoms with Gasteiger partial charge in [0.05, 0.1) is 12.5 Å². The lowest BCUT2D eigenvalue weighted by Crippen LogP contribution is -1.94. The van der Waals surface area contributed by atoms with Crippen molar-refractivity contribution < 1.29 is 5.11 Å². The number of nitrogens with zero attached hydrogens (tertiary/aromatic N) is 4. The van der Waals surface area contributed by atoms with Gasteiger partial charge in [0, 0.05) is 12.6 Å². The minimum Gasteiger partial charge on any atom is -0.508 e. The van der Waals surface area contributed by atoms with E-state index in [1.54, 1.807) is 18.6 Å². The number of phenolic OH excluding ortho intramolecular Hbond substituents is 1. The second kappa shape index (κ2) is 4.35. The highest BCUT2D eigenvalue weighted by Crippen LogP contribution is 2.24. The van der Waals surface area contributed by atoms with Crippen LogP contribution in [0.15, 0.2) is 30.7 Å². The first-order chi connectivity index (χ1) is 9.19. The fraction of sp³-hybridized carbons (Fsp3) is 0.214. The number of benzene rings is 1. The van der Waals surface area contributed by atoms with Gasteiger partial charge in [-0.25, -0.2) is 15.0 Å². The summed E-state index contributed by atoms with van der Waals surface area (Å²) in [5.41, 5.74) is 3.38. The van der Waals surface area contributed by atoms with Crippen LogP contribution >= 0.6 is 0 Å². The van der Waals surface area contributed by atoms with Gasteiger partial charge in [0.25, 0.3) is 0 Å². The zero-order chi connectivity index (χ0) is 13.4. The standard InChI is InChI=1S/C14H14N4O/c1-3-9-6-10(4-5-12(9)19)13-15-7-11-14(17-13)18(2)8-16-11/h4-8,19H,3H2,1-2H3. The number of hydrogen-bond donors (Lipinski definition) is 1. The van der Waals surface area contributed by atoms with Crippen LogP contribution in [0.1, 0.15) is 12.5 Å². The second-order valence-corrected chi connectivity index (χ2v) is 4.45. The minimum atomic E-state index is 0.313. The Bertz CT molecular complexity index is 748. The van der Waals surface area contributed by atoms with Gasteiger partial charge >= 0.3 is 0 Å². The van der Waals surface area contributed by atoms with Gasteiger partial charge in [-0.2, -0.15) is 0 Å². The Morgan fingerprint density at radius 2 is 2.11 bits per heavy atom. The maximum Gasteiger partial charge on any atom is 0.163 e. The van der Waals surface area contributed by atoms with Gasteiger partial charge in [0.1, 0.15) is 11.3 Å². The van der Waals surface area contributed by atoms with Gasteiger partial charge in [0.2, 0.25) is 0 Å². The first kappa shape index (κ1) is 11.6. The molecule has 0 unspecified atom stereocenters. The molecule has 5 heteroatoms. The van der Waals surface area contributed by atoms with Gasteiger partial charge in [-0.1, -0.05) is 6.92 Å². The van der Waals surface area contributed by atoms with Crippen LogP contribution < -0.4 is 0 Å². The maximum absolute atomic E-state index is 9.71. The maximum atomic E-state index is 9.71. The lowest BCUT2D eigenvalue weighted by molar-refractivity contribution is 0.469. The molecule has 96 valence electrons. The lowest BCUT2D eigenvalue weighted by atomic mass is 10.1. The Labute approximate surface area is 110 Å². The smallest absolute Gasteiger partial charge is 0.163 e. The summed E-state index contributed by atoms with van der Waals surface area (Å²) < 4.78 is 1.86. The summed E-state index contributed by atoms with van der Waals surface area (Å²) in [6.07, 6.45) is 4.21. The Morgan fingerprint density at radius 3 is 2.89 bits per heavy atom. The predicted molar refractivity (Wildman–Crippen MR) is 72.8 cm³/mol. The Morgan fingerprint density at radius 1 is 1.26 bits per heavy atom. The third-order valence-corrected chi connectivity index (χ3v) is 3.17. The molecule has 5 nitrogen and oxygen atoms in total. The highest BCUT2D eigenvalue weighted by molar-refractivity contribution is 5.72. The quantitative estimate of drug-likeness (QED) is 0.762. The number of fused-ring (bicyclic) bond motifs is 1. The molecule has 2 aromatic heterocycles. The van der Waals surface area contributed by atoms with Crippen LogP contribution in [0.3, 0.4) is 0 Å². The monoisotopic (exact) mass is 254 g/mol. The van der Waals surface area contributed by atoms with Crippen LogP contribution in [0.5, 0.6) is 5.75 Å². The number of aryl methyl sites for hydroxylation is 2. The molecular formula is C14H14N4O. The molecule has 0 saturated carbocycles. The molecule has 0 aliphatic rings. The molecule has 0 spiro atoms. The minimum absolute atomic E-state index is 0.313. The molecule has 0 amide bonds. The van der Waals surface area contributed by atoms with E-state index in [0.717, 1.165) is 28.7 Å². The van der Waals surface area contributed by atoms with E-state index >= 15 is 0 Å². The largest absolute Gasteiger partial charge is 0.508 e. The normalized spacial score (nSPS) is 11.1. The highest BCUT2D eigenvalue weighted by Gasteiger charge is 2.08. The van der Waals surface area contributed by atoms with Crippen LogP contribution in [0.25, 0.3) is 22.6 Å². The number of aromatic nitrogens is 4. The first-order valence-corrected chi connectivity index (χ1v) is 6.15. The Balaban J connectivity index is 2.15. The fourth-order valence-corrected chi connectivity index (χ4v) is 2.07. The Kier molecular flexibility index (Phi) is 2.67. The summed E-state index contributed by atoms with van der Waals surface area (Å²) in [4.78, 5) is 13.0. The van der Waals surface area contributed by atoms with Crippen molar-refractivity contribution in [3.63, 3.8) is 0 Å². The van der Waals surface area contributed by atoms with Gasteiger partial charge in [0.15, 0.2) is 11.5 Å². The van der Waals surface area contributed by atoms with Crippen molar-refractivity contribution >= 4 is 11.2 Å². The molecule has 3 rings (SSSR count). The third-order valence-electron chi connectivity index (χ3n) is 3.17. The van der Waals surface area contributed by atoms with Gasteiger partial charge in [-0.05, 0) is 30.2 Å². The number of aromatic hydroxyl groups is 1. The molecule has 0 atom stereocenters. The molecule has 19 heavy (non-hydrogen) atoms. The van der Waals surface area contributed by atoms with Crippen molar-refractivity contribution in [2.45, 2.75) is 13.3 Å². The van der Waals surface area contributed by atoms with Gasteiger partial charge < -0.3 is 9.67 Å². The SMILES string of the molecule is CCc1cc(-c2ncc3ncn(C)c3n2)ccc1O. The molecule has 0 radical (unpaired) electrons. The molecule has 1 N–H and O–H groups in total. The lowest BCUT2D eigenvalue weighted by Gasteiger charge is -2.05. The van der Waals surface area contributed by atoms with Crippen molar-refractivity contribution in [3.8, 4) is 17.1 Å². The molecule has 3 aromatic rings. The van der Waals surface area contributed by atoms with Crippen LogP contribution in [0, 0.1) is 0 Å². The summed E-state index contributed by atoms with van der Waals surface area (Å²) >= 11 is 0. The van der Waals surface area contributed by atoms with E-state index in [4.69, 9.17) is 0 Å². The molecule has 0 aliphatic carbocycles. The summed E-state index contributed by atoms with van der Waals surface area (Å²) in [5, 5.41) is 9.71. The van der Waals surface area contributed by atoms with Crippen molar-refractivity contribution in [1.82, 2.24) is 19.5 Å². The molecule has 1 aromatic carbocycles. The van der Waals surface area contributed by atoms with Crippen LogP contribution in [0.2, 0.25) is 0 Å². The number of phenols is 1. The average Bonchev–Trinajstić information content (AvgIpc) is 2.80. The third kappa shape index (κ3) is 1.93. The topological polar surface area (TPSA) is 63.8 Å².